The highest BCUT2D eigenvalue weighted by Crippen LogP contribution is 2.41. The largest absolute Gasteiger partial charge is 1.00 e. The van der Waals surface area contributed by atoms with Crippen molar-refractivity contribution < 1.29 is 57.1 Å². The molecule has 1 aromatic rings. The average Bonchev–Trinajstić information content (AvgIpc) is 2.85. The van der Waals surface area contributed by atoms with Gasteiger partial charge >= 0.3 is 5.97 Å². The predicted molar refractivity (Wildman–Crippen MR) is 131 cm³/mol. The number of primary amides is 1. The lowest BCUT2D eigenvalue weighted by atomic mass is 10.0. The van der Waals surface area contributed by atoms with E-state index in [1.54, 1.807) is 37.5 Å². The molecule has 196 valence electrons. The van der Waals surface area contributed by atoms with E-state index in [1.807, 2.05) is 20.0 Å². The zero-order chi connectivity index (χ0) is 25.6. The van der Waals surface area contributed by atoms with Crippen LogP contribution in [0.1, 0.15) is 12.5 Å². The van der Waals surface area contributed by atoms with Crippen LogP contribution in [-0.4, -0.2) is 84.5 Å². The van der Waals surface area contributed by atoms with Gasteiger partial charge < -0.3 is 49.0 Å². The Labute approximate surface area is 231 Å². The van der Waals surface area contributed by atoms with Crippen LogP contribution in [0.2, 0.25) is 0 Å². The van der Waals surface area contributed by atoms with Gasteiger partial charge in [-0.1, -0.05) is 18.2 Å². The van der Waals surface area contributed by atoms with Gasteiger partial charge in [0.05, 0.1) is 27.2 Å². The van der Waals surface area contributed by atoms with Crippen LogP contribution in [0.5, 0.6) is 5.75 Å². The maximum atomic E-state index is 13.2. The minimum atomic E-state index is -0.678. The number of allylic oxidation sites excluding steroid dienone is 1. The van der Waals surface area contributed by atoms with Crippen LogP contribution in [0.25, 0.3) is 0 Å². The molecule has 2 aliphatic heterocycles. The van der Waals surface area contributed by atoms with Gasteiger partial charge in [-0.2, -0.15) is 0 Å². The van der Waals surface area contributed by atoms with Crippen molar-refractivity contribution >= 4 is 36.0 Å². The highest BCUT2D eigenvalue weighted by atomic mass is 127. The van der Waals surface area contributed by atoms with E-state index in [-0.39, 0.29) is 60.0 Å². The zero-order valence-electron chi connectivity index (χ0n) is 20.4. The summed E-state index contributed by atoms with van der Waals surface area (Å²) in [5, 5.41) is 2.14. The number of carbonyl (C=O) groups is 4. The first-order valence-electron chi connectivity index (χ1n) is 11.2. The van der Waals surface area contributed by atoms with Gasteiger partial charge in [-0.3, -0.25) is 19.3 Å². The molecule has 10 nitrogen and oxygen atoms in total. The number of benzene rings is 1. The number of carbonyl (C=O) groups excluding carboxylic acids is 4. The maximum Gasteiger partial charge on any atom is 0.355 e. The van der Waals surface area contributed by atoms with Crippen LogP contribution >= 0.6 is 11.8 Å². The quantitative estimate of drug-likeness (QED) is 0.0863. The molecule has 2 heterocycles. The first kappa shape index (κ1) is 29.6. The van der Waals surface area contributed by atoms with Crippen molar-refractivity contribution in [3.63, 3.8) is 0 Å². The summed E-state index contributed by atoms with van der Waals surface area (Å²) >= 11 is 1.46. The summed E-state index contributed by atoms with van der Waals surface area (Å²) in [6.45, 7) is 3.41. The second-order valence-electron chi connectivity index (χ2n) is 8.62. The van der Waals surface area contributed by atoms with E-state index < -0.39 is 12.0 Å². The number of nitrogens with one attached hydrogen (secondary N) is 1. The fraction of sp³-hybridized carbons (Fsp3) is 0.417. The smallest absolute Gasteiger partial charge is 0.355 e. The van der Waals surface area contributed by atoms with Crippen LogP contribution in [-0.2, 0) is 30.5 Å². The third-order valence-corrected chi connectivity index (χ3v) is 7.44. The summed E-state index contributed by atoms with van der Waals surface area (Å²) in [6.07, 6.45) is 4.17. The van der Waals surface area contributed by atoms with E-state index >= 15 is 0 Å². The molecule has 3 N–H and O–H groups in total. The number of nitrogens with two attached hydrogens (primary N) is 1. The number of fused-ring (bicyclic) bond motifs is 1. The topological polar surface area (TPSA) is 128 Å². The lowest BCUT2D eigenvalue weighted by molar-refractivity contribution is -0.894. The molecule has 3 amide bonds. The summed E-state index contributed by atoms with van der Waals surface area (Å²) in [4.78, 5) is 49.7. The lowest BCUT2D eigenvalue weighted by Gasteiger charge is -2.49. The van der Waals surface area contributed by atoms with Gasteiger partial charge in [-0.25, -0.2) is 4.79 Å². The van der Waals surface area contributed by atoms with E-state index in [0.717, 1.165) is 5.56 Å². The van der Waals surface area contributed by atoms with Crippen LogP contribution in [0.15, 0.2) is 47.7 Å². The van der Waals surface area contributed by atoms with Crippen molar-refractivity contribution in [3.05, 3.63) is 53.3 Å². The molecule has 1 unspecified atom stereocenters. The Hall–Kier alpha value is -2.58. The van der Waals surface area contributed by atoms with E-state index in [2.05, 4.69) is 5.32 Å². The van der Waals surface area contributed by atoms with Crippen LogP contribution < -0.4 is 39.8 Å². The number of hydrogen-bond acceptors (Lipinski definition) is 7. The minimum absolute atomic E-state index is 0. The molecule has 2 aliphatic rings. The average molecular weight is 631 g/mol. The number of thioether (sulfide) groups is 1. The van der Waals surface area contributed by atoms with Gasteiger partial charge in [0.15, 0.2) is 6.54 Å². The number of nitrogens with zero attached hydrogens (tertiary/aromatic N) is 2. The molecule has 0 bridgehead atoms. The molecule has 0 spiro atoms. The second kappa shape index (κ2) is 13.1. The van der Waals surface area contributed by atoms with E-state index in [4.69, 9.17) is 15.2 Å². The number of esters is 1. The van der Waals surface area contributed by atoms with E-state index in [0.29, 0.717) is 41.1 Å². The van der Waals surface area contributed by atoms with Crippen molar-refractivity contribution in [3.8, 4) is 5.75 Å². The summed E-state index contributed by atoms with van der Waals surface area (Å²) in [7, 11) is 3.49. The summed E-state index contributed by atoms with van der Waals surface area (Å²) in [6, 6.07) is 6.45. The minimum Gasteiger partial charge on any atom is -1.00 e. The van der Waals surface area contributed by atoms with Crippen molar-refractivity contribution in [1.82, 2.24) is 10.2 Å². The Balaban J connectivity index is 0.00000456. The lowest BCUT2D eigenvalue weighted by Crippen LogP contribution is -3.00. The number of amides is 3. The molecule has 0 aliphatic carbocycles. The van der Waals surface area contributed by atoms with Gasteiger partial charge in [0.25, 0.3) is 11.8 Å². The Kier molecular flexibility index (Phi) is 10.8. The summed E-state index contributed by atoms with van der Waals surface area (Å²) in [5.41, 5.74) is 6.98. The van der Waals surface area contributed by atoms with Crippen LogP contribution in [0.4, 0.5) is 0 Å². The molecular formula is C24H31IN4O6S. The van der Waals surface area contributed by atoms with Crippen LogP contribution in [0.3, 0.4) is 0 Å². The van der Waals surface area contributed by atoms with E-state index in [9.17, 15) is 19.2 Å². The third-order valence-electron chi connectivity index (χ3n) is 6.13. The fourth-order valence-electron chi connectivity index (χ4n) is 3.92. The predicted octanol–water partition coefficient (Wildman–Crippen LogP) is -2.47. The van der Waals surface area contributed by atoms with Gasteiger partial charge in [0.2, 0.25) is 6.41 Å². The standard InChI is InChI=1S/C24H30N4O6S.HI/c1-4-28(2,12-19(25)30)11-5-6-17-14-35-23-20(26-15-29)22(31)27(23)21(17)24(32)34-13-16-7-9-18(33-3)10-8-16;/h5-10,15,20,23H,4,11-14H2,1-3H3,(H2-,25,26,29,30);1H/b6-5+;/t20-,23-,28?;/m1./s1. The summed E-state index contributed by atoms with van der Waals surface area (Å²) < 4.78 is 11.1. The molecule has 3 rings (SSSR count). The Bertz CT molecular complexity index is 1050. The number of methoxy groups -OCH3 is 1. The van der Waals surface area contributed by atoms with E-state index in [1.165, 1.54) is 16.7 Å². The fourth-order valence-corrected chi connectivity index (χ4v) is 5.25. The monoisotopic (exact) mass is 630 g/mol. The Morgan fingerprint density at radius 2 is 2.00 bits per heavy atom. The third kappa shape index (κ3) is 6.79. The Morgan fingerprint density at radius 1 is 1.31 bits per heavy atom. The number of quaternary nitrogens is 1. The van der Waals surface area contributed by atoms with Gasteiger partial charge in [0, 0.05) is 5.75 Å². The number of ether oxygens (including phenoxy) is 2. The van der Waals surface area contributed by atoms with Crippen molar-refractivity contribution in [2.24, 2.45) is 5.73 Å². The first-order valence-corrected chi connectivity index (χ1v) is 12.2. The number of likely N-dealkylation sites (N-methyl/N-ethyl adjacent to an activating group) is 1. The molecule has 1 fully saturated rings. The second-order valence-corrected chi connectivity index (χ2v) is 9.72. The van der Waals surface area contributed by atoms with Crippen LogP contribution in [0, 0.1) is 0 Å². The maximum absolute atomic E-state index is 13.2. The SMILES string of the molecule is CC[N+](C)(C/C=C/C1=C(C(=O)OCc2ccc(OC)cc2)N2C(=O)[C@@H](NC=O)[C@H]2SC1)CC(N)=O.[I-]. The molecule has 36 heavy (non-hydrogen) atoms. The number of halogens is 1. The molecule has 3 atom stereocenters. The molecule has 1 aromatic carbocycles. The van der Waals surface area contributed by atoms with Crippen molar-refractivity contribution in [2.45, 2.75) is 24.9 Å². The Morgan fingerprint density at radius 3 is 2.58 bits per heavy atom. The zero-order valence-corrected chi connectivity index (χ0v) is 23.4. The molecule has 1 saturated heterocycles. The van der Waals surface area contributed by atoms with Gasteiger partial charge in [-0.15, -0.1) is 11.8 Å². The number of hydrogen-bond donors (Lipinski definition) is 2. The molecule has 0 aromatic heterocycles. The highest BCUT2D eigenvalue weighted by Gasteiger charge is 2.53. The number of β-lactam (4-membered cyclic amide) rings is 1. The van der Waals surface area contributed by atoms with Gasteiger partial charge in [0.1, 0.15) is 29.5 Å². The van der Waals surface area contributed by atoms with Crippen molar-refractivity contribution in [1.29, 1.82) is 0 Å². The molecule has 0 saturated carbocycles. The molecular weight excluding hydrogens is 599 g/mol. The normalized spacial score (nSPS) is 20.5. The molecule has 0 radical (unpaired) electrons. The number of rotatable bonds is 12. The molecule has 12 heteroatoms. The van der Waals surface area contributed by atoms with Crippen molar-refractivity contribution in [2.75, 3.05) is 39.5 Å². The first-order chi connectivity index (χ1) is 16.7. The van der Waals surface area contributed by atoms with Gasteiger partial charge in [-0.05, 0) is 36.3 Å². The highest BCUT2D eigenvalue weighted by molar-refractivity contribution is 8.00. The summed E-state index contributed by atoms with van der Waals surface area (Å²) in [5.74, 6) is -0.217.